The van der Waals surface area contributed by atoms with Gasteiger partial charge in [0.25, 0.3) is 0 Å². The average Bonchev–Trinajstić information content (AvgIpc) is 3.44. The van der Waals surface area contributed by atoms with Crippen molar-refractivity contribution < 1.29 is 0 Å². The second-order valence-electron chi connectivity index (χ2n) is 14.4. The first-order chi connectivity index (χ1) is 23.5. The van der Waals surface area contributed by atoms with E-state index in [1.165, 1.54) is 104 Å². The van der Waals surface area contributed by atoms with Gasteiger partial charge in [-0.1, -0.05) is 172 Å². The molecule has 9 aromatic rings. The standard InChI is InChI=1S/C48H34/c1-48(2,3)47-41-23-12-10-21-37(41)46(38-22-11-13-24-42(38)47)45-35-19-8-6-17-32(35)44(33-18-7-9-20-36(33)45)40-28-27-39-30-16-5-4-15-29(30)31-25-14-26-34(40)43(31)39/h4-28H,1-3H3. The highest BCUT2D eigenvalue weighted by molar-refractivity contribution is 6.30. The highest BCUT2D eigenvalue weighted by atomic mass is 14.3. The molecule has 0 amide bonds. The summed E-state index contributed by atoms with van der Waals surface area (Å²) >= 11 is 0. The van der Waals surface area contributed by atoms with Crippen LogP contribution in [0, 0.1) is 0 Å². The van der Waals surface area contributed by atoms with Gasteiger partial charge in [0.1, 0.15) is 0 Å². The molecule has 0 unspecified atom stereocenters. The van der Waals surface area contributed by atoms with Crippen LogP contribution in [0.3, 0.4) is 0 Å². The molecule has 0 bridgehead atoms. The van der Waals surface area contributed by atoms with Crippen LogP contribution in [-0.2, 0) is 5.41 Å². The molecule has 48 heavy (non-hydrogen) atoms. The molecule has 0 fully saturated rings. The van der Waals surface area contributed by atoms with E-state index in [1.54, 1.807) is 0 Å². The van der Waals surface area contributed by atoms with Crippen molar-refractivity contribution in [1.29, 1.82) is 0 Å². The van der Waals surface area contributed by atoms with E-state index in [4.69, 9.17) is 0 Å². The Kier molecular flexibility index (Phi) is 5.65. The van der Waals surface area contributed by atoms with Gasteiger partial charge in [-0.2, -0.15) is 0 Å². The van der Waals surface area contributed by atoms with Crippen molar-refractivity contribution in [3.05, 3.63) is 157 Å². The summed E-state index contributed by atoms with van der Waals surface area (Å²) in [5.74, 6) is 0. The molecule has 0 spiro atoms. The largest absolute Gasteiger partial charge is 0.0616 e. The number of rotatable bonds is 2. The second-order valence-corrected chi connectivity index (χ2v) is 14.4. The fourth-order valence-corrected chi connectivity index (χ4v) is 8.92. The average molecular weight is 611 g/mol. The Bertz CT molecular complexity index is 2660. The van der Waals surface area contributed by atoms with E-state index in [1.807, 2.05) is 0 Å². The SMILES string of the molecule is CC(C)(C)c1c2ccccc2c(-c2c3ccccc3c(-c3ccc4c5c(cccc35)-c3ccccc3-4)c3ccccc23)c2ccccc12. The fraction of sp³-hybridized carbons (Fsp3) is 0.0833. The third-order valence-corrected chi connectivity index (χ3v) is 10.7. The van der Waals surface area contributed by atoms with Crippen LogP contribution in [0.25, 0.3) is 98.4 Å². The number of hydrogen-bond donors (Lipinski definition) is 0. The molecule has 226 valence electrons. The van der Waals surface area contributed by atoms with Crippen molar-refractivity contribution >= 4 is 53.9 Å². The van der Waals surface area contributed by atoms with Gasteiger partial charge in [-0.15, -0.1) is 0 Å². The minimum atomic E-state index is -0.0127. The van der Waals surface area contributed by atoms with Gasteiger partial charge >= 0.3 is 0 Å². The van der Waals surface area contributed by atoms with E-state index in [2.05, 4.69) is 172 Å². The lowest BCUT2D eigenvalue weighted by Crippen LogP contribution is -2.13. The van der Waals surface area contributed by atoms with Crippen molar-refractivity contribution in [3.8, 4) is 44.5 Å². The van der Waals surface area contributed by atoms with E-state index in [9.17, 15) is 0 Å². The van der Waals surface area contributed by atoms with Gasteiger partial charge in [-0.3, -0.25) is 0 Å². The van der Waals surface area contributed by atoms with E-state index >= 15 is 0 Å². The molecule has 1 aliphatic carbocycles. The lowest BCUT2D eigenvalue weighted by atomic mass is 9.76. The number of fused-ring (bicyclic) bond motifs is 7. The summed E-state index contributed by atoms with van der Waals surface area (Å²) in [6.45, 7) is 7.03. The van der Waals surface area contributed by atoms with Crippen LogP contribution in [0.1, 0.15) is 26.3 Å². The maximum Gasteiger partial charge on any atom is -0.00139 e. The fourth-order valence-electron chi connectivity index (χ4n) is 8.92. The van der Waals surface area contributed by atoms with Crippen molar-refractivity contribution in [2.75, 3.05) is 0 Å². The van der Waals surface area contributed by atoms with Gasteiger partial charge in [-0.25, -0.2) is 0 Å². The van der Waals surface area contributed by atoms with E-state index in [0.29, 0.717) is 0 Å². The van der Waals surface area contributed by atoms with E-state index in [-0.39, 0.29) is 5.41 Å². The molecule has 0 aliphatic heterocycles. The summed E-state index contributed by atoms with van der Waals surface area (Å²) in [5, 5.41) is 13.1. The minimum Gasteiger partial charge on any atom is -0.0616 e. The topological polar surface area (TPSA) is 0 Å². The van der Waals surface area contributed by atoms with Crippen LogP contribution in [0.5, 0.6) is 0 Å². The molecule has 0 N–H and O–H groups in total. The zero-order valence-electron chi connectivity index (χ0n) is 27.4. The molecule has 0 radical (unpaired) electrons. The molecule has 0 heteroatoms. The Morgan fingerprint density at radius 3 is 1.08 bits per heavy atom. The van der Waals surface area contributed by atoms with Crippen molar-refractivity contribution in [1.82, 2.24) is 0 Å². The van der Waals surface area contributed by atoms with Gasteiger partial charge < -0.3 is 0 Å². The second kappa shape index (κ2) is 9.89. The Morgan fingerprint density at radius 1 is 0.271 bits per heavy atom. The lowest BCUT2D eigenvalue weighted by Gasteiger charge is -2.27. The first-order valence-electron chi connectivity index (χ1n) is 17.0. The van der Waals surface area contributed by atoms with Crippen LogP contribution in [-0.4, -0.2) is 0 Å². The summed E-state index contributed by atoms with van der Waals surface area (Å²) < 4.78 is 0. The zero-order chi connectivity index (χ0) is 32.1. The Labute approximate surface area is 280 Å². The molecule has 0 nitrogen and oxygen atoms in total. The van der Waals surface area contributed by atoms with Crippen LogP contribution < -0.4 is 0 Å². The molecule has 0 aromatic heterocycles. The van der Waals surface area contributed by atoms with Gasteiger partial charge in [0, 0.05) is 0 Å². The summed E-state index contributed by atoms with van der Waals surface area (Å²) in [7, 11) is 0. The summed E-state index contributed by atoms with van der Waals surface area (Å²) in [4.78, 5) is 0. The highest BCUT2D eigenvalue weighted by Crippen LogP contribution is 2.53. The quantitative estimate of drug-likeness (QED) is 0.171. The molecule has 0 saturated heterocycles. The normalized spacial score (nSPS) is 12.5. The van der Waals surface area contributed by atoms with E-state index in [0.717, 1.165) is 0 Å². The number of benzene rings is 9. The van der Waals surface area contributed by atoms with Crippen LogP contribution in [0.15, 0.2) is 152 Å². The van der Waals surface area contributed by atoms with Crippen molar-refractivity contribution in [3.63, 3.8) is 0 Å². The third kappa shape index (κ3) is 3.66. The maximum absolute atomic E-state index is 2.38. The molecular weight excluding hydrogens is 577 g/mol. The summed E-state index contributed by atoms with van der Waals surface area (Å²) in [6, 6.07) is 56.8. The Balaban J connectivity index is 1.38. The third-order valence-electron chi connectivity index (χ3n) is 10.7. The van der Waals surface area contributed by atoms with Crippen LogP contribution in [0.2, 0.25) is 0 Å². The molecule has 10 rings (SSSR count). The monoisotopic (exact) mass is 610 g/mol. The molecule has 9 aromatic carbocycles. The Morgan fingerprint density at radius 2 is 0.604 bits per heavy atom. The van der Waals surface area contributed by atoms with Gasteiger partial charge in [0.05, 0.1) is 0 Å². The minimum absolute atomic E-state index is 0.0127. The van der Waals surface area contributed by atoms with Crippen LogP contribution in [0.4, 0.5) is 0 Å². The smallest absolute Gasteiger partial charge is 0.00139 e. The van der Waals surface area contributed by atoms with Crippen molar-refractivity contribution in [2.24, 2.45) is 0 Å². The molecule has 1 aliphatic rings. The molecule has 0 atom stereocenters. The Hall–Kier alpha value is -5.72. The van der Waals surface area contributed by atoms with Gasteiger partial charge in [-0.05, 0) is 109 Å². The lowest BCUT2D eigenvalue weighted by molar-refractivity contribution is 0.601. The molecular formula is C48H34. The first kappa shape index (κ1) is 27.4. The predicted octanol–water partition coefficient (Wildman–Crippen LogP) is 13.7. The molecule has 0 saturated carbocycles. The first-order valence-corrected chi connectivity index (χ1v) is 17.0. The summed E-state index contributed by atoms with van der Waals surface area (Å²) in [6.07, 6.45) is 0. The van der Waals surface area contributed by atoms with Gasteiger partial charge in [0.2, 0.25) is 0 Å². The van der Waals surface area contributed by atoms with E-state index < -0.39 is 0 Å². The number of hydrogen-bond acceptors (Lipinski definition) is 0. The molecule has 0 heterocycles. The zero-order valence-corrected chi connectivity index (χ0v) is 27.4. The van der Waals surface area contributed by atoms with Crippen LogP contribution >= 0.6 is 0 Å². The summed E-state index contributed by atoms with van der Waals surface area (Å²) in [5.41, 5.74) is 12.0. The highest BCUT2D eigenvalue weighted by Gasteiger charge is 2.27. The maximum atomic E-state index is 2.38. The predicted molar refractivity (Wildman–Crippen MR) is 208 cm³/mol. The van der Waals surface area contributed by atoms with Crippen molar-refractivity contribution in [2.45, 2.75) is 26.2 Å². The van der Waals surface area contributed by atoms with Gasteiger partial charge in [0.15, 0.2) is 0 Å².